The molecule has 0 saturated carbocycles. The van der Waals surface area contributed by atoms with Crippen molar-refractivity contribution in [3.63, 3.8) is 0 Å². The number of halogens is 6. The fourth-order valence-electron chi connectivity index (χ4n) is 5.24. The number of rotatable bonds is 2. The fourth-order valence-corrected chi connectivity index (χ4v) is 6.35. The molecular formula is C41H38F6Hf. The average molecular weight is 823 g/mol. The molecule has 2 aliphatic rings. The maximum absolute atomic E-state index is 12.7. The van der Waals surface area contributed by atoms with Crippen molar-refractivity contribution in [3.05, 3.63) is 154 Å². The van der Waals surface area contributed by atoms with Crippen LogP contribution in [0.2, 0.25) is 0 Å². The Morgan fingerprint density at radius 3 is 1.65 bits per heavy atom. The average Bonchev–Trinajstić information content (AvgIpc) is 3.71. The van der Waals surface area contributed by atoms with Crippen LogP contribution in [0.25, 0.3) is 11.1 Å². The molecule has 0 aromatic heterocycles. The predicted molar refractivity (Wildman–Crippen MR) is 179 cm³/mol. The van der Waals surface area contributed by atoms with Crippen LogP contribution in [0.5, 0.6) is 0 Å². The van der Waals surface area contributed by atoms with E-state index in [0.717, 1.165) is 37.1 Å². The Balaban J connectivity index is 0.000000189. The topological polar surface area (TPSA) is 0 Å². The minimum atomic E-state index is -4.48. The molecule has 248 valence electrons. The summed E-state index contributed by atoms with van der Waals surface area (Å²) in [6.45, 7) is 13.6. The molecule has 2 aliphatic carbocycles. The number of hydrogen-bond acceptors (Lipinski definition) is 0. The normalized spacial score (nSPS) is 13.6. The maximum atomic E-state index is 12.7. The largest absolute Gasteiger partial charge is 0.273 e. The molecule has 7 heteroatoms. The van der Waals surface area contributed by atoms with E-state index in [0.29, 0.717) is 38.3 Å². The van der Waals surface area contributed by atoms with Gasteiger partial charge in [-0.2, -0.15) is 29.8 Å². The van der Waals surface area contributed by atoms with Crippen LogP contribution in [0.4, 0.5) is 26.3 Å². The summed E-state index contributed by atoms with van der Waals surface area (Å²) < 4.78 is 76.7. The third-order valence-electron chi connectivity index (χ3n) is 8.01. The zero-order valence-electron chi connectivity index (χ0n) is 27.9. The summed E-state index contributed by atoms with van der Waals surface area (Å²) in [5.41, 5.74) is 7.66. The Hall–Kier alpha value is -3.32. The number of allylic oxidation sites excluding steroid dienone is 4. The SMILES string of the molecule is CC(C)(C)c1[c-]c2c(cc1)-c1ccc(C(C)(C)C)cc1C2.FC(F)(F)c1cccc([C](=[Hf+2])c2cccc(C(F)(F)F)c2)c1.[C-]1=CC=CC1. The van der Waals surface area contributed by atoms with Crippen LogP contribution in [-0.4, -0.2) is 3.26 Å². The van der Waals surface area contributed by atoms with Gasteiger partial charge in [-0.05, 0) is 28.4 Å². The van der Waals surface area contributed by atoms with Crippen molar-refractivity contribution in [2.24, 2.45) is 0 Å². The van der Waals surface area contributed by atoms with E-state index < -0.39 is 23.5 Å². The minimum Gasteiger partial charge on any atom is -0.273 e. The van der Waals surface area contributed by atoms with Gasteiger partial charge in [0.1, 0.15) is 0 Å². The van der Waals surface area contributed by atoms with Crippen LogP contribution in [-0.2, 0) is 53.5 Å². The summed E-state index contributed by atoms with van der Waals surface area (Å²) in [5.74, 6) is 0. The van der Waals surface area contributed by atoms with Crippen LogP contribution in [0.3, 0.4) is 0 Å². The van der Waals surface area contributed by atoms with E-state index in [1.165, 1.54) is 57.6 Å². The molecule has 48 heavy (non-hydrogen) atoms. The first-order valence-corrected chi connectivity index (χ1v) is 17.4. The number of fused-ring (bicyclic) bond motifs is 3. The molecule has 0 spiro atoms. The number of benzene rings is 4. The van der Waals surface area contributed by atoms with Gasteiger partial charge in [0.2, 0.25) is 0 Å². The molecule has 0 N–H and O–H groups in total. The maximum Gasteiger partial charge on any atom is -0.109 e. The van der Waals surface area contributed by atoms with Crippen LogP contribution < -0.4 is 0 Å². The predicted octanol–water partition coefficient (Wildman–Crippen LogP) is 11.8. The van der Waals surface area contributed by atoms with Crippen LogP contribution >= 0.6 is 0 Å². The van der Waals surface area contributed by atoms with E-state index in [9.17, 15) is 26.3 Å². The van der Waals surface area contributed by atoms with Crippen molar-refractivity contribution >= 4 is 3.26 Å². The molecule has 0 heterocycles. The van der Waals surface area contributed by atoms with Gasteiger partial charge < -0.3 is 0 Å². The van der Waals surface area contributed by atoms with Gasteiger partial charge in [-0.25, -0.2) is 12.2 Å². The number of alkyl halides is 6. The smallest absolute Gasteiger partial charge is 0.109 e. The third-order valence-corrected chi connectivity index (χ3v) is 10.1. The van der Waals surface area contributed by atoms with Gasteiger partial charge in [-0.1, -0.05) is 65.3 Å². The quantitative estimate of drug-likeness (QED) is 0.0945. The van der Waals surface area contributed by atoms with Gasteiger partial charge in [-0.15, -0.1) is 17.5 Å². The molecule has 0 unspecified atom stereocenters. The van der Waals surface area contributed by atoms with Crippen molar-refractivity contribution < 1.29 is 50.2 Å². The molecule has 0 amide bonds. The summed E-state index contributed by atoms with van der Waals surface area (Å²) in [6, 6.07) is 24.4. The van der Waals surface area contributed by atoms with Crippen molar-refractivity contribution in [1.82, 2.24) is 0 Å². The standard InChI is InChI=1S/C21H25.C15H8F6.C5H5.Hf/c1-20(2,3)16-7-9-18-14(12-16)11-15-13-17(21(4,5)6)8-10-19(15)18;16-14(17,18)12-5-1-3-10(8-12)7-11-4-2-6-13(9-11)15(19,20)21;1-2-4-5-3-1;/h7-10,12H,11H2,1-6H3;1-6,8-9H;1-3H,4H2;/q-1;;-1;+2. The second-order valence-electron chi connectivity index (χ2n) is 13.8. The monoisotopic (exact) mass is 824 g/mol. The van der Waals surface area contributed by atoms with Crippen LogP contribution in [0.1, 0.15) is 92.5 Å². The second kappa shape index (κ2) is 14.7. The Kier molecular flexibility index (Phi) is 11.4. The third kappa shape index (κ3) is 9.64. The van der Waals surface area contributed by atoms with Gasteiger partial charge in [0.05, 0.1) is 0 Å². The Bertz CT molecular complexity index is 1690. The molecule has 0 nitrogen and oxygen atoms in total. The molecule has 0 saturated heterocycles. The summed E-state index contributed by atoms with van der Waals surface area (Å²) >= 11 is 0.316. The number of hydrogen-bond donors (Lipinski definition) is 0. The van der Waals surface area contributed by atoms with E-state index in [4.69, 9.17) is 0 Å². The summed E-state index contributed by atoms with van der Waals surface area (Å²) in [6.07, 6.45) is 2.07. The van der Waals surface area contributed by atoms with Gasteiger partial charge in [0, 0.05) is 0 Å². The molecule has 4 aromatic rings. The van der Waals surface area contributed by atoms with Crippen LogP contribution in [0, 0.1) is 12.1 Å². The van der Waals surface area contributed by atoms with Crippen LogP contribution in [0.15, 0.2) is 97.1 Å². The molecule has 0 bridgehead atoms. The molecule has 0 aliphatic heterocycles. The molecule has 6 rings (SSSR count). The molecule has 0 fully saturated rings. The summed E-state index contributed by atoms with van der Waals surface area (Å²) in [5, 5.41) is 0. The van der Waals surface area contributed by atoms with E-state index >= 15 is 0 Å². The summed E-state index contributed by atoms with van der Waals surface area (Å²) in [4.78, 5) is 0. The molecule has 0 atom stereocenters. The molecular weight excluding hydrogens is 785 g/mol. The first-order valence-electron chi connectivity index (χ1n) is 15.6. The molecule has 4 aromatic carbocycles. The summed E-state index contributed by atoms with van der Waals surface area (Å²) in [7, 11) is 0. The van der Waals surface area contributed by atoms with Gasteiger partial charge in [-0.3, -0.25) is 6.08 Å². The Labute approximate surface area is 294 Å². The van der Waals surface area contributed by atoms with Crippen molar-refractivity contribution in [3.8, 4) is 11.1 Å². The minimum absolute atomic E-state index is 0.167. The van der Waals surface area contributed by atoms with Gasteiger partial charge in [0.25, 0.3) is 0 Å². The Morgan fingerprint density at radius 1 is 0.646 bits per heavy atom. The first kappa shape index (κ1) is 37.5. The zero-order valence-corrected chi connectivity index (χ0v) is 31.5. The van der Waals surface area contributed by atoms with E-state index in [1.807, 2.05) is 12.2 Å². The second-order valence-corrected chi connectivity index (χ2v) is 15.6. The van der Waals surface area contributed by atoms with Crippen molar-refractivity contribution in [1.29, 1.82) is 0 Å². The molecule has 0 radical (unpaired) electrons. The van der Waals surface area contributed by atoms with E-state index in [1.54, 1.807) is 0 Å². The van der Waals surface area contributed by atoms with Crippen molar-refractivity contribution in [2.75, 3.05) is 0 Å². The van der Waals surface area contributed by atoms with E-state index in [2.05, 4.69) is 90.1 Å². The van der Waals surface area contributed by atoms with Gasteiger partial charge >= 0.3 is 137 Å². The first-order chi connectivity index (χ1) is 22.2. The Morgan fingerprint density at radius 2 is 1.21 bits per heavy atom. The fraction of sp³-hybridized carbons (Fsp3) is 0.293. The zero-order chi connectivity index (χ0) is 35.5. The van der Waals surface area contributed by atoms with E-state index in [-0.39, 0.29) is 10.8 Å². The van der Waals surface area contributed by atoms with Gasteiger partial charge in [0.15, 0.2) is 0 Å². The van der Waals surface area contributed by atoms with Crippen molar-refractivity contribution in [2.45, 2.75) is 77.6 Å².